The lowest BCUT2D eigenvalue weighted by Gasteiger charge is -2.19. The van der Waals surface area contributed by atoms with Crippen molar-refractivity contribution in [3.8, 4) is 28.5 Å². The number of nitriles is 1. The van der Waals surface area contributed by atoms with E-state index in [0.29, 0.717) is 28.9 Å². The predicted octanol–water partition coefficient (Wildman–Crippen LogP) is 6.81. The van der Waals surface area contributed by atoms with Gasteiger partial charge in [0, 0.05) is 12.2 Å². The maximum Gasteiger partial charge on any atom is 0.417 e. The van der Waals surface area contributed by atoms with Crippen LogP contribution in [0.5, 0.6) is 0 Å². The number of halogens is 3. The van der Waals surface area contributed by atoms with Crippen LogP contribution in [-0.2, 0) is 12.7 Å². The zero-order valence-corrected chi connectivity index (χ0v) is 25.0. The fourth-order valence-corrected chi connectivity index (χ4v) is 4.97. The average molecular weight is 602 g/mol. The molecule has 0 fully saturated rings. The number of benzene rings is 3. The maximum atomic E-state index is 14.1. The smallest absolute Gasteiger partial charge is 0.338 e. The Kier molecular flexibility index (Phi) is 9.91. The highest BCUT2D eigenvalue weighted by atomic mass is 19.4. The second-order valence-corrected chi connectivity index (χ2v) is 10.9. The Balaban J connectivity index is 1.74. The summed E-state index contributed by atoms with van der Waals surface area (Å²) < 4.78 is 43.4. The minimum absolute atomic E-state index is 0.0135. The Bertz CT molecular complexity index is 1770. The molecule has 0 saturated heterocycles. The first kappa shape index (κ1) is 32.0. The van der Waals surface area contributed by atoms with Gasteiger partial charge in [0.15, 0.2) is 0 Å². The van der Waals surface area contributed by atoms with E-state index in [1.807, 2.05) is 57.1 Å². The summed E-state index contributed by atoms with van der Waals surface area (Å²) in [6.07, 6.45) is -4.10. The molecule has 228 valence electrons. The van der Waals surface area contributed by atoms with Gasteiger partial charge in [-0.1, -0.05) is 54.1 Å². The molecule has 10 heteroatoms. The Labute approximate surface area is 254 Å². The van der Waals surface area contributed by atoms with E-state index in [0.717, 1.165) is 35.7 Å². The zero-order chi connectivity index (χ0) is 32.0. The molecule has 0 saturated carbocycles. The van der Waals surface area contributed by atoms with Crippen LogP contribution in [-0.4, -0.2) is 42.7 Å². The van der Waals surface area contributed by atoms with Crippen molar-refractivity contribution in [3.05, 3.63) is 111 Å². The van der Waals surface area contributed by atoms with Gasteiger partial charge in [0.2, 0.25) is 0 Å². The van der Waals surface area contributed by atoms with Crippen LogP contribution in [0.25, 0.3) is 22.4 Å². The van der Waals surface area contributed by atoms with Gasteiger partial charge in [0.25, 0.3) is 5.56 Å². The molecule has 44 heavy (non-hydrogen) atoms. The number of urea groups is 1. The molecular weight excluding hydrogens is 567 g/mol. The molecule has 2 amide bonds. The molecule has 0 aliphatic carbocycles. The summed E-state index contributed by atoms with van der Waals surface area (Å²) in [6.45, 7) is 5.14. The second kappa shape index (κ2) is 13.6. The molecule has 3 aromatic carbocycles. The number of anilines is 1. The van der Waals surface area contributed by atoms with Crippen LogP contribution < -0.4 is 16.2 Å². The van der Waals surface area contributed by atoms with Gasteiger partial charge in [-0.25, -0.2) is 4.79 Å². The standard InChI is InChI=1S/C34H34F3N5O2/c1-22-12-13-27(23(2)16-22)21-42-31(19-30(34(35,36)37)29(20-38)32(42)43)26-10-5-8-24(17-26)25-9-6-11-28(18-25)40-33(44)39-14-7-15-41(3)4/h5-6,8-13,16-19H,7,14-15,21H2,1-4H3,(H2,39,40,44). The summed E-state index contributed by atoms with van der Waals surface area (Å²) in [4.78, 5) is 27.9. The molecule has 0 atom stereocenters. The molecule has 7 nitrogen and oxygen atoms in total. The monoisotopic (exact) mass is 601 g/mol. The lowest BCUT2D eigenvalue weighted by atomic mass is 9.98. The van der Waals surface area contributed by atoms with E-state index in [2.05, 4.69) is 10.6 Å². The molecule has 2 N–H and O–H groups in total. The fourth-order valence-electron chi connectivity index (χ4n) is 4.97. The van der Waals surface area contributed by atoms with Crippen molar-refractivity contribution >= 4 is 11.7 Å². The molecule has 1 aromatic heterocycles. The quantitative estimate of drug-likeness (QED) is 0.206. The molecule has 4 rings (SSSR count). The number of alkyl halides is 3. The predicted molar refractivity (Wildman–Crippen MR) is 167 cm³/mol. The Morgan fingerprint density at radius 2 is 1.64 bits per heavy atom. The second-order valence-electron chi connectivity index (χ2n) is 10.9. The third-order valence-corrected chi connectivity index (χ3v) is 7.22. The van der Waals surface area contributed by atoms with E-state index >= 15 is 0 Å². The van der Waals surface area contributed by atoms with Crippen molar-refractivity contribution in [2.75, 3.05) is 32.5 Å². The highest BCUT2D eigenvalue weighted by molar-refractivity contribution is 5.90. The fraction of sp³-hybridized carbons (Fsp3) is 0.265. The first-order chi connectivity index (χ1) is 20.9. The van der Waals surface area contributed by atoms with Crippen LogP contribution in [0.4, 0.5) is 23.7 Å². The molecule has 0 aliphatic rings. The number of hydrogen-bond donors (Lipinski definition) is 2. The molecule has 0 bridgehead atoms. The zero-order valence-electron chi connectivity index (χ0n) is 25.0. The van der Waals surface area contributed by atoms with Crippen LogP contribution in [0.3, 0.4) is 0 Å². The third-order valence-electron chi connectivity index (χ3n) is 7.22. The van der Waals surface area contributed by atoms with Crippen molar-refractivity contribution < 1.29 is 18.0 Å². The van der Waals surface area contributed by atoms with E-state index in [4.69, 9.17) is 0 Å². The van der Waals surface area contributed by atoms with Crippen molar-refractivity contribution in [1.82, 2.24) is 14.8 Å². The molecule has 0 aliphatic heterocycles. The Hall–Kier alpha value is -4.88. The average Bonchev–Trinajstić information content (AvgIpc) is 2.97. The summed E-state index contributed by atoms with van der Waals surface area (Å²) in [5.74, 6) is 0. The van der Waals surface area contributed by atoms with E-state index in [-0.39, 0.29) is 18.3 Å². The van der Waals surface area contributed by atoms with Crippen molar-refractivity contribution in [3.63, 3.8) is 0 Å². The normalized spacial score (nSPS) is 11.3. The lowest BCUT2D eigenvalue weighted by Crippen LogP contribution is -2.31. The topological polar surface area (TPSA) is 90.2 Å². The minimum atomic E-state index is -4.90. The van der Waals surface area contributed by atoms with Crippen LogP contribution in [0.1, 0.15) is 34.2 Å². The number of carbonyl (C=O) groups excluding carboxylic acids is 1. The van der Waals surface area contributed by atoms with Gasteiger partial charge in [-0.2, -0.15) is 18.4 Å². The van der Waals surface area contributed by atoms with Gasteiger partial charge in [0.05, 0.1) is 17.8 Å². The number of nitrogens with one attached hydrogen (secondary N) is 2. The first-order valence-corrected chi connectivity index (χ1v) is 14.1. The minimum Gasteiger partial charge on any atom is -0.338 e. The maximum absolute atomic E-state index is 14.1. The molecule has 0 spiro atoms. The van der Waals surface area contributed by atoms with Crippen molar-refractivity contribution in [1.29, 1.82) is 5.26 Å². The van der Waals surface area contributed by atoms with Gasteiger partial charge < -0.3 is 20.1 Å². The molecule has 0 radical (unpaired) electrons. The Morgan fingerprint density at radius 3 is 2.30 bits per heavy atom. The number of aryl methyl sites for hydroxylation is 2. The highest BCUT2D eigenvalue weighted by Gasteiger charge is 2.36. The van der Waals surface area contributed by atoms with Gasteiger partial charge in [-0.05, 0) is 93.0 Å². The van der Waals surface area contributed by atoms with Gasteiger partial charge in [-0.15, -0.1) is 0 Å². The number of carbonyl (C=O) groups is 1. The lowest BCUT2D eigenvalue weighted by molar-refractivity contribution is -0.137. The van der Waals surface area contributed by atoms with Crippen molar-refractivity contribution in [2.45, 2.75) is 33.0 Å². The van der Waals surface area contributed by atoms with Gasteiger partial charge in [-0.3, -0.25) is 4.79 Å². The van der Waals surface area contributed by atoms with Gasteiger partial charge >= 0.3 is 12.2 Å². The Morgan fingerprint density at radius 1 is 0.955 bits per heavy atom. The molecule has 1 heterocycles. The van der Waals surface area contributed by atoms with Crippen LogP contribution in [0, 0.1) is 25.2 Å². The number of pyridine rings is 1. The number of hydrogen-bond acceptors (Lipinski definition) is 4. The van der Waals surface area contributed by atoms with Crippen molar-refractivity contribution in [2.24, 2.45) is 0 Å². The van der Waals surface area contributed by atoms with Crippen LogP contribution in [0.2, 0.25) is 0 Å². The number of amides is 2. The molecule has 0 unspecified atom stereocenters. The molecular formula is C34H34F3N5O2. The van der Waals surface area contributed by atoms with E-state index in [9.17, 15) is 28.0 Å². The SMILES string of the molecule is Cc1ccc(Cn2c(-c3cccc(-c4cccc(NC(=O)NCCCN(C)C)c4)c3)cc(C(F)(F)F)c(C#N)c2=O)c(C)c1. The first-order valence-electron chi connectivity index (χ1n) is 14.1. The van der Waals surface area contributed by atoms with E-state index in [1.165, 1.54) is 10.6 Å². The number of aromatic nitrogens is 1. The number of rotatable bonds is 9. The molecule has 4 aromatic rings. The van der Waals surface area contributed by atoms with Gasteiger partial charge in [0.1, 0.15) is 11.6 Å². The van der Waals surface area contributed by atoms with Crippen LogP contribution >= 0.6 is 0 Å². The summed E-state index contributed by atoms with van der Waals surface area (Å²) in [5.41, 5.74) is 1.74. The summed E-state index contributed by atoms with van der Waals surface area (Å²) in [6, 6.07) is 21.6. The summed E-state index contributed by atoms with van der Waals surface area (Å²) >= 11 is 0. The van der Waals surface area contributed by atoms with E-state index in [1.54, 1.807) is 42.5 Å². The third kappa shape index (κ3) is 7.74. The van der Waals surface area contributed by atoms with Crippen LogP contribution in [0.15, 0.2) is 77.6 Å². The highest BCUT2D eigenvalue weighted by Crippen LogP contribution is 2.35. The number of nitrogens with zero attached hydrogens (tertiary/aromatic N) is 3. The van der Waals surface area contributed by atoms with E-state index < -0.39 is 22.9 Å². The summed E-state index contributed by atoms with van der Waals surface area (Å²) in [7, 11) is 3.92. The summed E-state index contributed by atoms with van der Waals surface area (Å²) in [5, 5.41) is 15.2. The largest absolute Gasteiger partial charge is 0.417 e.